The van der Waals surface area contributed by atoms with Crippen LogP contribution in [0.5, 0.6) is 0 Å². The van der Waals surface area contributed by atoms with Crippen molar-refractivity contribution in [3.8, 4) is 11.3 Å². The van der Waals surface area contributed by atoms with Gasteiger partial charge in [-0.25, -0.2) is 0 Å². The number of nitrogens with zero attached hydrogens (tertiary/aromatic N) is 3. The van der Waals surface area contributed by atoms with Gasteiger partial charge in [0.25, 0.3) is 0 Å². The summed E-state index contributed by atoms with van der Waals surface area (Å²) in [4.78, 5) is 4.46. The number of aliphatic hydroxyl groups is 1. The van der Waals surface area contributed by atoms with E-state index in [1.165, 1.54) is 0 Å². The van der Waals surface area contributed by atoms with E-state index in [1.54, 1.807) is 0 Å². The maximum absolute atomic E-state index is 10.6. The number of benzene rings is 1. The molecule has 1 fully saturated rings. The summed E-state index contributed by atoms with van der Waals surface area (Å²) >= 11 is 0. The molecule has 172 valence electrons. The minimum absolute atomic E-state index is 0.246. The van der Waals surface area contributed by atoms with Crippen molar-refractivity contribution in [2.45, 2.75) is 46.4 Å². The van der Waals surface area contributed by atoms with Gasteiger partial charge >= 0.3 is 0 Å². The monoisotopic (exact) mass is 431 g/mol. The van der Waals surface area contributed by atoms with E-state index < -0.39 is 6.10 Å². The molecule has 1 aliphatic heterocycles. The smallest absolute Gasteiger partial charge is 0.232 e. The number of aromatic nitrogens is 1. The molecule has 1 aliphatic rings. The Morgan fingerprint density at radius 1 is 1.10 bits per heavy atom. The molecule has 1 aromatic heterocycles. The zero-order chi connectivity index (χ0) is 22.2. The Labute approximate surface area is 185 Å². The second-order valence-corrected chi connectivity index (χ2v) is 8.89. The first-order valence-electron chi connectivity index (χ1n) is 11.3. The molecule has 0 unspecified atom stereocenters. The van der Waals surface area contributed by atoms with Gasteiger partial charge in [-0.05, 0) is 19.8 Å². The Morgan fingerprint density at radius 3 is 2.45 bits per heavy atom. The lowest BCUT2D eigenvalue weighted by atomic mass is 10.1. The summed E-state index contributed by atoms with van der Waals surface area (Å²) in [7, 11) is 0. The number of hydrogen-bond acceptors (Lipinski definition) is 7. The standard InChI is InChI=1S/C24H37N3O4/c1-18(2)16-30-17-21(28)14-27(19(3)4)15-22-23(20-8-6-5-7-9-20)25-31-24(22)26-10-12-29-13-11-26/h5-9,18-19,21,28H,10-17H2,1-4H3/t21-/m0/s1. The van der Waals surface area contributed by atoms with Gasteiger partial charge in [-0.2, -0.15) is 0 Å². The summed E-state index contributed by atoms with van der Waals surface area (Å²) in [6.45, 7) is 13.6. The molecule has 2 aromatic rings. The Morgan fingerprint density at radius 2 is 1.81 bits per heavy atom. The van der Waals surface area contributed by atoms with Gasteiger partial charge in [0.2, 0.25) is 5.88 Å². The SMILES string of the molecule is CC(C)COC[C@@H](O)CN(Cc1c(-c2ccccc2)noc1N1CCOCC1)C(C)C. The Balaban J connectivity index is 1.81. The highest BCUT2D eigenvalue weighted by Gasteiger charge is 2.27. The minimum atomic E-state index is -0.548. The van der Waals surface area contributed by atoms with Crippen LogP contribution in [-0.2, 0) is 16.0 Å². The molecule has 7 heteroatoms. The van der Waals surface area contributed by atoms with E-state index in [9.17, 15) is 5.11 Å². The van der Waals surface area contributed by atoms with Gasteiger partial charge in [-0.15, -0.1) is 0 Å². The molecule has 2 heterocycles. The van der Waals surface area contributed by atoms with Gasteiger partial charge in [0.15, 0.2) is 0 Å². The molecule has 0 amide bonds. The zero-order valence-electron chi connectivity index (χ0n) is 19.3. The fourth-order valence-electron chi connectivity index (χ4n) is 3.71. The number of aliphatic hydroxyl groups excluding tert-OH is 1. The molecule has 0 spiro atoms. The van der Waals surface area contributed by atoms with Crippen LogP contribution in [0.2, 0.25) is 0 Å². The van der Waals surface area contributed by atoms with E-state index in [-0.39, 0.29) is 6.04 Å². The third-order valence-corrected chi connectivity index (χ3v) is 5.41. The number of morpholine rings is 1. The molecule has 0 radical (unpaired) electrons. The largest absolute Gasteiger partial charge is 0.389 e. The molecule has 1 N–H and O–H groups in total. The second-order valence-electron chi connectivity index (χ2n) is 8.89. The lowest BCUT2D eigenvalue weighted by Gasteiger charge is -2.31. The van der Waals surface area contributed by atoms with E-state index in [1.807, 2.05) is 18.2 Å². The molecule has 0 aliphatic carbocycles. The maximum Gasteiger partial charge on any atom is 0.232 e. The van der Waals surface area contributed by atoms with Crippen molar-refractivity contribution in [2.24, 2.45) is 5.92 Å². The summed E-state index contributed by atoms with van der Waals surface area (Å²) in [5.41, 5.74) is 2.95. The highest BCUT2D eigenvalue weighted by atomic mass is 16.5. The number of rotatable bonds is 11. The van der Waals surface area contributed by atoms with Crippen LogP contribution in [0.15, 0.2) is 34.9 Å². The van der Waals surface area contributed by atoms with Gasteiger partial charge in [-0.1, -0.05) is 49.3 Å². The van der Waals surface area contributed by atoms with Crippen LogP contribution in [0, 0.1) is 5.92 Å². The van der Waals surface area contributed by atoms with Crippen molar-refractivity contribution in [3.05, 3.63) is 35.9 Å². The first-order chi connectivity index (χ1) is 15.0. The highest BCUT2D eigenvalue weighted by Crippen LogP contribution is 2.33. The lowest BCUT2D eigenvalue weighted by molar-refractivity contribution is 0.00175. The van der Waals surface area contributed by atoms with Crippen LogP contribution in [0.25, 0.3) is 11.3 Å². The lowest BCUT2D eigenvalue weighted by Crippen LogP contribution is -2.40. The molecule has 1 saturated heterocycles. The van der Waals surface area contributed by atoms with Gasteiger partial charge in [0, 0.05) is 44.4 Å². The summed E-state index contributed by atoms with van der Waals surface area (Å²) in [5.74, 6) is 1.26. The molecule has 7 nitrogen and oxygen atoms in total. The second kappa shape index (κ2) is 11.6. The number of anilines is 1. The highest BCUT2D eigenvalue weighted by molar-refractivity contribution is 5.68. The van der Waals surface area contributed by atoms with Gasteiger partial charge in [0.1, 0.15) is 5.69 Å². The van der Waals surface area contributed by atoms with Crippen LogP contribution >= 0.6 is 0 Å². The molecular weight excluding hydrogens is 394 g/mol. The van der Waals surface area contributed by atoms with E-state index >= 15 is 0 Å². The quantitative estimate of drug-likeness (QED) is 0.584. The Hall–Kier alpha value is -1.93. The fraction of sp³-hybridized carbons (Fsp3) is 0.625. The number of hydrogen-bond donors (Lipinski definition) is 1. The van der Waals surface area contributed by atoms with Gasteiger partial charge < -0.3 is 24.0 Å². The predicted molar refractivity (Wildman–Crippen MR) is 122 cm³/mol. The van der Waals surface area contributed by atoms with Crippen molar-refractivity contribution in [1.29, 1.82) is 0 Å². The normalized spacial score (nSPS) is 15.9. The van der Waals surface area contributed by atoms with Crippen molar-refractivity contribution in [2.75, 3.05) is 51.0 Å². The summed E-state index contributed by atoms with van der Waals surface area (Å²) in [6, 6.07) is 10.4. The third kappa shape index (κ3) is 6.77. The van der Waals surface area contributed by atoms with Crippen LogP contribution in [0.3, 0.4) is 0 Å². The van der Waals surface area contributed by atoms with Gasteiger partial charge in [-0.3, -0.25) is 4.90 Å². The predicted octanol–water partition coefficient (Wildman–Crippen LogP) is 3.42. The summed E-state index contributed by atoms with van der Waals surface area (Å²) < 4.78 is 17.0. The zero-order valence-corrected chi connectivity index (χ0v) is 19.3. The van der Waals surface area contributed by atoms with E-state index in [0.717, 1.165) is 35.8 Å². The van der Waals surface area contributed by atoms with Gasteiger partial charge in [0.05, 0.1) is 31.5 Å². The molecule has 1 aromatic carbocycles. The molecule has 1 atom stereocenters. The van der Waals surface area contributed by atoms with Crippen LogP contribution in [-0.4, -0.2) is 73.4 Å². The third-order valence-electron chi connectivity index (χ3n) is 5.41. The fourth-order valence-corrected chi connectivity index (χ4v) is 3.71. The van der Waals surface area contributed by atoms with Crippen molar-refractivity contribution < 1.29 is 19.1 Å². The Bertz CT molecular complexity index is 772. The molecule has 31 heavy (non-hydrogen) atoms. The first kappa shape index (κ1) is 23.7. The number of ether oxygens (including phenoxy) is 2. The van der Waals surface area contributed by atoms with Crippen LogP contribution < -0.4 is 4.90 Å². The average molecular weight is 432 g/mol. The molecular formula is C24H37N3O4. The molecule has 3 rings (SSSR count). The van der Waals surface area contributed by atoms with Crippen LogP contribution in [0.4, 0.5) is 5.88 Å². The van der Waals surface area contributed by atoms with E-state index in [2.05, 4.69) is 54.8 Å². The van der Waals surface area contributed by atoms with Crippen LogP contribution in [0.1, 0.15) is 33.3 Å². The van der Waals surface area contributed by atoms with E-state index in [4.69, 9.17) is 14.0 Å². The summed E-state index contributed by atoms with van der Waals surface area (Å²) in [6.07, 6.45) is -0.548. The van der Waals surface area contributed by atoms with Crippen molar-refractivity contribution >= 4 is 5.88 Å². The molecule has 0 saturated carbocycles. The molecule has 0 bridgehead atoms. The van der Waals surface area contributed by atoms with Crippen molar-refractivity contribution in [3.63, 3.8) is 0 Å². The summed E-state index contributed by atoms with van der Waals surface area (Å²) in [5, 5.41) is 15.0. The first-order valence-corrected chi connectivity index (χ1v) is 11.3. The maximum atomic E-state index is 10.6. The topological polar surface area (TPSA) is 71.2 Å². The Kier molecular flexibility index (Phi) is 8.90. The van der Waals surface area contributed by atoms with Crippen molar-refractivity contribution in [1.82, 2.24) is 10.1 Å². The average Bonchev–Trinajstić information content (AvgIpc) is 3.17. The van der Waals surface area contributed by atoms with E-state index in [0.29, 0.717) is 45.4 Å². The minimum Gasteiger partial charge on any atom is -0.389 e.